The lowest BCUT2D eigenvalue weighted by molar-refractivity contribution is -0.349. The minimum absolute atomic E-state index is 0.0830. The molecule has 5 nitrogen and oxygen atoms in total. The van der Waals surface area contributed by atoms with Crippen molar-refractivity contribution in [3.63, 3.8) is 0 Å². The van der Waals surface area contributed by atoms with Crippen molar-refractivity contribution in [2.75, 3.05) is 13.0 Å². The average molecular weight is 312 g/mol. The Kier molecular flexibility index (Phi) is 4.89. The van der Waals surface area contributed by atoms with Crippen LogP contribution in [0.4, 0.5) is 0 Å². The summed E-state index contributed by atoms with van der Waals surface area (Å²) in [6.45, 7) is 2.38. The maximum absolute atomic E-state index is 10.3. The van der Waals surface area contributed by atoms with Gasteiger partial charge in [0.2, 0.25) is 0 Å². The first-order valence-corrected chi connectivity index (χ1v) is 7.99. The zero-order chi connectivity index (χ0) is 14.8. The summed E-state index contributed by atoms with van der Waals surface area (Å²) < 4.78 is 22.9. The third kappa shape index (κ3) is 3.14. The van der Waals surface area contributed by atoms with E-state index in [0.29, 0.717) is 13.0 Å². The van der Waals surface area contributed by atoms with Gasteiger partial charge in [-0.25, -0.2) is 0 Å². The maximum atomic E-state index is 10.3. The van der Waals surface area contributed by atoms with Gasteiger partial charge >= 0.3 is 0 Å². The van der Waals surface area contributed by atoms with Gasteiger partial charge in [-0.3, -0.25) is 0 Å². The number of benzene rings is 1. The van der Waals surface area contributed by atoms with Gasteiger partial charge in [0.05, 0.1) is 19.1 Å². The van der Waals surface area contributed by atoms with Crippen LogP contribution >= 0.6 is 9.24 Å². The first kappa shape index (κ1) is 15.3. The summed E-state index contributed by atoms with van der Waals surface area (Å²) in [7, 11) is 2.46. The van der Waals surface area contributed by atoms with Crippen LogP contribution < -0.4 is 0 Å². The molecule has 2 aliphatic rings. The van der Waals surface area contributed by atoms with Crippen molar-refractivity contribution < 1.29 is 24.1 Å². The topological polar surface area (TPSA) is 57.2 Å². The Bertz CT molecular complexity index is 455. The van der Waals surface area contributed by atoms with Crippen molar-refractivity contribution in [1.29, 1.82) is 0 Å². The minimum Gasteiger partial charge on any atom is -0.387 e. The fourth-order valence-corrected chi connectivity index (χ4v) is 3.03. The van der Waals surface area contributed by atoms with Gasteiger partial charge in [0.25, 0.3) is 0 Å². The second-order valence-corrected chi connectivity index (χ2v) is 5.74. The molecule has 1 aromatic rings. The lowest BCUT2D eigenvalue weighted by Gasteiger charge is -2.47. The van der Waals surface area contributed by atoms with Gasteiger partial charge in [-0.2, -0.15) is 0 Å². The van der Waals surface area contributed by atoms with Gasteiger partial charge in [-0.1, -0.05) is 37.3 Å². The van der Waals surface area contributed by atoms with Gasteiger partial charge in [-0.05, 0) is 0 Å². The van der Waals surface area contributed by atoms with Crippen LogP contribution in [0.15, 0.2) is 30.3 Å². The number of hydrogen-bond acceptors (Lipinski definition) is 5. The highest BCUT2D eigenvalue weighted by Gasteiger charge is 2.47. The first-order valence-electron chi connectivity index (χ1n) is 7.18. The standard InChI is InChI=1S/C15H21O5P/c1-9-12(16)15(18-8-21)19-11-7-17-14(20-13(9)11)10-5-3-2-4-6-10/h2-6,9,11-16H,7-8,21H2,1H3/t9-,11?,12?,13+,14?,15-/m1/s1. The number of hydrogen-bond donors (Lipinski definition) is 1. The molecule has 0 aliphatic carbocycles. The largest absolute Gasteiger partial charge is 0.387 e. The summed E-state index contributed by atoms with van der Waals surface area (Å²) in [5, 5.41) is 10.3. The second-order valence-electron chi connectivity index (χ2n) is 5.40. The Balaban J connectivity index is 1.71. The lowest BCUT2D eigenvalue weighted by atomic mass is 9.90. The molecule has 0 aromatic heterocycles. The van der Waals surface area contributed by atoms with E-state index in [1.165, 1.54) is 0 Å². The number of rotatable bonds is 3. The molecule has 0 amide bonds. The lowest BCUT2D eigenvalue weighted by Crippen LogP contribution is -2.58. The predicted octanol–water partition coefficient (Wildman–Crippen LogP) is 1.67. The van der Waals surface area contributed by atoms with Gasteiger partial charge in [0, 0.05) is 11.5 Å². The maximum Gasteiger partial charge on any atom is 0.184 e. The van der Waals surface area contributed by atoms with E-state index in [4.69, 9.17) is 18.9 Å². The molecule has 6 heteroatoms. The first-order chi connectivity index (χ1) is 10.2. The fraction of sp³-hybridized carbons (Fsp3) is 0.600. The molecule has 116 valence electrons. The number of aliphatic hydroxyl groups excluding tert-OH is 1. The van der Waals surface area contributed by atoms with Gasteiger partial charge < -0.3 is 24.1 Å². The Hall–Kier alpha value is -0.550. The average Bonchev–Trinajstić information content (AvgIpc) is 2.53. The zero-order valence-corrected chi connectivity index (χ0v) is 13.1. The van der Waals surface area contributed by atoms with Crippen molar-refractivity contribution in [1.82, 2.24) is 0 Å². The van der Waals surface area contributed by atoms with Gasteiger partial charge in [0.15, 0.2) is 12.6 Å². The normalized spacial score (nSPS) is 39.8. The molecule has 0 saturated carbocycles. The molecule has 0 spiro atoms. The SMILES string of the molecule is C[C@@H]1C(O)[C@H](OCP)OC2COC(c3ccccc3)O[C@H]21. The van der Waals surface area contributed by atoms with Crippen LogP contribution in [0.5, 0.6) is 0 Å². The van der Waals surface area contributed by atoms with Crippen LogP contribution in [0.1, 0.15) is 18.8 Å². The van der Waals surface area contributed by atoms with Crippen LogP contribution in [0.25, 0.3) is 0 Å². The second kappa shape index (κ2) is 6.69. The quantitative estimate of drug-likeness (QED) is 0.861. The van der Waals surface area contributed by atoms with E-state index in [0.717, 1.165) is 5.56 Å². The van der Waals surface area contributed by atoms with Crippen molar-refractivity contribution >= 4 is 9.24 Å². The molecule has 3 rings (SSSR count). The zero-order valence-electron chi connectivity index (χ0n) is 11.9. The Morgan fingerprint density at radius 1 is 1.29 bits per heavy atom. The van der Waals surface area contributed by atoms with Crippen LogP contribution in [0.3, 0.4) is 0 Å². The summed E-state index contributed by atoms with van der Waals surface area (Å²) >= 11 is 0. The minimum atomic E-state index is -0.707. The highest BCUT2D eigenvalue weighted by Crippen LogP contribution is 2.36. The number of aliphatic hydroxyl groups is 1. The van der Waals surface area contributed by atoms with Crippen LogP contribution in [0.2, 0.25) is 0 Å². The molecule has 0 bridgehead atoms. The molecule has 4 unspecified atom stereocenters. The molecule has 21 heavy (non-hydrogen) atoms. The van der Waals surface area contributed by atoms with E-state index in [1.807, 2.05) is 37.3 Å². The molecule has 0 radical (unpaired) electrons. The Morgan fingerprint density at radius 2 is 2.05 bits per heavy atom. The molecule has 1 N–H and O–H groups in total. The van der Waals surface area contributed by atoms with Crippen LogP contribution in [-0.4, -0.2) is 42.7 Å². The summed E-state index contributed by atoms with van der Waals surface area (Å²) in [6, 6.07) is 9.79. The number of ether oxygens (including phenoxy) is 4. The van der Waals surface area contributed by atoms with Crippen molar-refractivity contribution in [3.8, 4) is 0 Å². The van der Waals surface area contributed by atoms with Crippen molar-refractivity contribution in [2.45, 2.75) is 37.8 Å². The summed E-state index contributed by atoms with van der Waals surface area (Å²) in [4.78, 5) is 0. The smallest absolute Gasteiger partial charge is 0.184 e. The summed E-state index contributed by atoms with van der Waals surface area (Å²) in [6.07, 6.45) is -1.75. The highest BCUT2D eigenvalue weighted by atomic mass is 31.0. The van der Waals surface area contributed by atoms with Gasteiger partial charge in [-0.15, -0.1) is 9.24 Å². The van der Waals surface area contributed by atoms with E-state index in [2.05, 4.69) is 9.24 Å². The molecular weight excluding hydrogens is 291 g/mol. The molecule has 1 aromatic carbocycles. The van der Waals surface area contributed by atoms with E-state index < -0.39 is 18.7 Å². The number of fused-ring (bicyclic) bond motifs is 1. The molecule has 7 atom stereocenters. The fourth-order valence-electron chi connectivity index (χ4n) is 2.84. The van der Waals surface area contributed by atoms with E-state index in [9.17, 15) is 5.11 Å². The van der Waals surface area contributed by atoms with E-state index >= 15 is 0 Å². The monoisotopic (exact) mass is 312 g/mol. The predicted molar refractivity (Wildman–Crippen MR) is 79.5 cm³/mol. The molecular formula is C15H21O5P. The molecule has 2 aliphatic heterocycles. The molecule has 2 fully saturated rings. The van der Waals surface area contributed by atoms with Crippen LogP contribution in [0, 0.1) is 5.92 Å². The Morgan fingerprint density at radius 3 is 2.76 bits per heavy atom. The Labute approximate surface area is 126 Å². The highest BCUT2D eigenvalue weighted by molar-refractivity contribution is 7.16. The summed E-state index contributed by atoms with van der Waals surface area (Å²) in [5.74, 6) is -0.0830. The van der Waals surface area contributed by atoms with Crippen LogP contribution in [-0.2, 0) is 18.9 Å². The third-order valence-corrected chi connectivity index (χ3v) is 4.23. The third-order valence-electron chi connectivity index (χ3n) is 4.04. The van der Waals surface area contributed by atoms with E-state index in [1.54, 1.807) is 0 Å². The molecule has 2 heterocycles. The van der Waals surface area contributed by atoms with Gasteiger partial charge in [0.1, 0.15) is 12.2 Å². The van der Waals surface area contributed by atoms with E-state index in [-0.39, 0.29) is 18.1 Å². The van der Waals surface area contributed by atoms with Crippen molar-refractivity contribution in [2.24, 2.45) is 5.92 Å². The summed E-state index contributed by atoms with van der Waals surface area (Å²) in [5.41, 5.74) is 0.973. The molecule has 2 saturated heterocycles. The van der Waals surface area contributed by atoms with Crippen molar-refractivity contribution in [3.05, 3.63) is 35.9 Å².